The van der Waals surface area contributed by atoms with Crippen molar-refractivity contribution in [2.75, 3.05) is 13.2 Å². The van der Waals surface area contributed by atoms with Crippen LogP contribution in [0.5, 0.6) is 11.5 Å². The number of ether oxygens (including phenoxy) is 2. The normalized spacial score (nSPS) is 10.3. The van der Waals surface area contributed by atoms with Crippen molar-refractivity contribution in [3.63, 3.8) is 0 Å². The number of halogens is 1. The van der Waals surface area contributed by atoms with E-state index in [2.05, 4.69) is 22.0 Å². The lowest BCUT2D eigenvalue weighted by molar-refractivity contribution is 0.0996. The van der Waals surface area contributed by atoms with E-state index in [1.165, 1.54) is 0 Å². The Balaban J connectivity index is 2.52. The highest BCUT2D eigenvalue weighted by molar-refractivity contribution is 6.33. The molecule has 22 heavy (non-hydrogen) atoms. The first kappa shape index (κ1) is 15.8. The number of rotatable bonds is 7. The van der Waals surface area contributed by atoms with Crippen LogP contribution in [0.25, 0.3) is 11.3 Å². The van der Waals surface area contributed by atoms with E-state index in [1.807, 2.05) is 6.92 Å². The molecule has 2 aromatic rings. The van der Waals surface area contributed by atoms with Crippen LogP contribution in [0.3, 0.4) is 0 Å². The third-order valence-corrected chi connectivity index (χ3v) is 3.04. The maximum absolute atomic E-state index is 11.4. The quantitative estimate of drug-likeness (QED) is 0.760. The zero-order valence-corrected chi connectivity index (χ0v) is 12.7. The first-order valence-corrected chi connectivity index (χ1v) is 6.87. The summed E-state index contributed by atoms with van der Waals surface area (Å²) in [6.07, 6.45) is 1.61. The number of H-pyrrole nitrogens is 1. The van der Waals surface area contributed by atoms with Crippen LogP contribution in [0.1, 0.15) is 17.4 Å². The lowest BCUT2D eigenvalue weighted by Gasteiger charge is -2.13. The smallest absolute Gasteiger partial charge is 0.271 e. The van der Waals surface area contributed by atoms with Gasteiger partial charge in [0, 0.05) is 11.6 Å². The number of nitrogens with two attached hydrogens (primary N) is 1. The molecule has 0 bridgehead atoms. The Bertz CT molecular complexity index is 699. The van der Waals surface area contributed by atoms with Crippen LogP contribution >= 0.6 is 11.6 Å². The van der Waals surface area contributed by atoms with Gasteiger partial charge in [0.25, 0.3) is 5.91 Å². The highest BCUT2D eigenvalue weighted by Gasteiger charge is 2.20. The lowest BCUT2D eigenvalue weighted by atomic mass is 10.1. The molecule has 1 aromatic carbocycles. The van der Waals surface area contributed by atoms with E-state index in [1.54, 1.807) is 18.2 Å². The number of aromatic nitrogens is 3. The number of nitrogens with zero attached hydrogens (tertiary/aromatic N) is 2. The zero-order valence-electron chi connectivity index (χ0n) is 11.9. The summed E-state index contributed by atoms with van der Waals surface area (Å²) in [5.74, 6) is 0.242. The van der Waals surface area contributed by atoms with Gasteiger partial charge in [0.1, 0.15) is 12.3 Å². The van der Waals surface area contributed by atoms with Crippen molar-refractivity contribution in [2.24, 2.45) is 5.73 Å². The minimum absolute atomic E-state index is 0.00380. The molecule has 3 N–H and O–H groups in total. The van der Waals surface area contributed by atoms with Gasteiger partial charge in [-0.3, -0.25) is 4.79 Å². The standard InChI is InChI=1S/C14H15ClN4O3/c1-3-5-22-11-7-9(15)8(6-10(11)21-4-2)12-13(14(16)20)18-19-17-12/h3,6-7H,1,4-5H2,2H3,(H2,16,20)(H,17,18,19). The summed E-state index contributed by atoms with van der Waals surface area (Å²) in [5, 5.41) is 10.3. The highest BCUT2D eigenvalue weighted by Crippen LogP contribution is 2.38. The van der Waals surface area contributed by atoms with E-state index < -0.39 is 5.91 Å². The van der Waals surface area contributed by atoms with Gasteiger partial charge in [0.2, 0.25) is 0 Å². The Morgan fingerprint density at radius 3 is 2.77 bits per heavy atom. The fourth-order valence-corrected chi connectivity index (χ4v) is 2.08. The van der Waals surface area contributed by atoms with E-state index in [0.29, 0.717) is 35.3 Å². The van der Waals surface area contributed by atoms with Crippen LogP contribution in [0, 0.1) is 0 Å². The molecular formula is C14H15ClN4O3. The molecule has 0 fully saturated rings. The Labute approximate surface area is 132 Å². The second-order valence-corrected chi connectivity index (χ2v) is 4.60. The molecule has 0 saturated heterocycles. The molecule has 0 aliphatic carbocycles. The maximum Gasteiger partial charge on any atom is 0.271 e. The zero-order chi connectivity index (χ0) is 16.1. The summed E-state index contributed by atoms with van der Waals surface area (Å²) in [7, 11) is 0. The lowest BCUT2D eigenvalue weighted by Crippen LogP contribution is -2.13. The third-order valence-electron chi connectivity index (χ3n) is 2.73. The molecule has 1 amide bonds. The van der Waals surface area contributed by atoms with Gasteiger partial charge in [-0.15, -0.1) is 0 Å². The average Bonchev–Trinajstić information content (AvgIpc) is 2.96. The van der Waals surface area contributed by atoms with Crippen molar-refractivity contribution in [3.05, 3.63) is 35.5 Å². The van der Waals surface area contributed by atoms with Gasteiger partial charge >= 0.3 is 0 Å². The molecule has 0 aliphatic heterocycles. The first-order chi connectivity index (χ1) is 10.6. The first-order valence-electron chi connectivity index (χ1n) is 6.49. The second kappa shape index (κ2) is 6.95. The molecule has 1 heterocycles. The van der Waals surface area contributed by atoms with E-state index in [4.69, 9.17) is 26.8 Å². The molecule has 2 rings (SSSR count). The largest absolute Gasteiger partial charge is 0.490 e. The summed E-state index contributed by atoms with van der Waals surface area (Å²) < 4.78 is 11.0. The summed E-state index contributed by atoms with van der Waals surface area (Å²) in [4.78, 5) is 11.4. The van der Waals surface area contributed by atoms with E-state index >= 15 is 0 Å². The van der Waals surface area contributed by atoms with Crippen molar-refractivity contribution in [2.45, 2.75) is 6.92 Å². The molecule has 8 heteroatoms. The van der Waals surface area contributed by atoms with Crippen LogP contribution in [0.15, 0.2) is 24.8 Å². The number of nitrogens with one attached hydrogen (secondary N) is 1. The Kier molecular flexibility index (Phi) is 5.00. The van der Waals surface area contributed by atoms with Gasteiger partial charge < -0.3 is 15.2 Å². The third kappa shape index (κ3) is 3.20. The highest BCUT2D eigenvalue weighted by atomic mass is 35.5. The molecule has 0 saturated carbocycles. The number of amides is 1. The minimum Gasteiger partial charge on any atom is -0.490 e. The summed E-state index contributed by atoms with van der Waals surface area (Å²) >= 11 is 6.25. The van der Waals surface area contributed by atoms with Gasteiger partial charge in [-0.05, 0) is 13.0 Å². The van der Waals surface area contributed by atoms with Crippen molar-refractivity contribution in [3.8, 4) is 22.8 Å². The number of carbonyl (C=O) groups excluding carboxylic acids is 1. The summed E-state index contributed by atoms with van der Waals surface area (Å²) in [6, 6.07) is 3.22. The topological polar surface area (TPSA) is 103 Å². The fraction of sp³-hybridized carbons (Fsp3) is 0.214. The minimum atomic E-state index is -0.704. The molecule has 116 valence electrons. The van der Waals surface area contributed by atoms with Gasteiger partial charge in [0.05, 0.1) is 11.6 Å². The average molecular weight is 323 g/mol. The van der Waals surface area contributed by atoms with Crippen LogP contribution in [-0.2, 0) is 0 Å². The molecule has 0 spiro atoms. The van der Waals surface area contributed by atoms with Crippen molar-refractivity contribution >= 4 is 17.5 Å². The molecule has 0 radical (unpaired) electrons. The number of aromatic amines is 1. The molecule has 0 unspecified atom stereocenters. The van der Waals surface area contributed by atoms with E-state index in [9.17, 15) is 4.79 Å². The van der Waals surface area contributed by atoms with Crippen molar-refractivity contribution in [1.29, 1.82) is 0 Å². The number of hydrogen-bond donors (Lipinski definition) is 2. The van der Waals surface area contributed by atoms with Crippen molar-refractivity contribution < 1.29 is 14.3 Å². The fourth-order valence-electron chi connectivity index (χ4n) is 1.84. The Morgan fingerprint density at radius 2 is 2.14 bits per heavy atom. The molecule has 1 aromatic heterocycles. The van der Waals surface area contributed by atoms with Gasteiger partial charge in [-0.2, -0.15) is 15.4 Å². The molecule has 0 atom stereocenters. The number of hydrogen-bond acceptors (Lipinski definition) is 5. The predicted molar refractivity (Wildman–Crippen MR) is 82.2 cm³/mol. The van der Waals surface area contributed by atoms with Crippen LogP contribution in [0.4, 0.5) is 0 Å². The second-order valence-electron chi connectivity index (χ2n) is 4.20. The number of primary amides is 1. The number of benzene rings is 1. The SMILES string of the molecule is C=CCOc1cc(Cl)c(-c2n[nH]nc2C(N)=O)cc1OCC. The Hall–Kier alpha value is -2.54. The monoisotopic (exact) mass is 322 g/mol. The Morgan fingerprint density at radius 1 is 1.41 bits per heavy atom. The van der Waals surface area contributed by atoms with Gasteiger partial charge in [-0.25, -0.2) is 0 Å². The summed E-state index contributed by atoms with van der Waals surface area (Å²) in [6.45, 7) is 6.18. The van der Waals surface area contributed by atoms with Gasteiger partial charge in [-0.1, -0.05) is 24.3 Å². The predicted octanol–water partition coefficient (Wildman–Crippen LogP) is 2.19. The van der Waals surface area contributed by atoms with Crippen LogP contribution in [-0.4, -0.2) is 34.5 Å². The number of carbonyl (C=O) groups is 1. The van der Waals surface area contributed by atoms with E-state index in [-0.39, 0.29) is 11.4 Å². The van der Waals surface area contributed by atoms with E-state index in [0.717, 1.165) is 0 Å². The van der Waals surface area contributed by atoms with Gasteiger partial charge in [0.15, 0.2) is 17.2 Å². The van der Waals surface area contributed by atoms with Crippen LogP contribution in [0.2, 0.25) is 5.02 Å². The molecule has 0 aliphatic rings. The maximum atomic E-state index is 11.4. The van der Waals surface area contributed by atoms with Crippen LogP contribution < -0.4 is 15.2 Å². The van der Waals surface area contributed by atoms with Crippen molar-refractivity contribution in [1.82, 2.24) is 15.4 Å². The molecule has 7 nitrogen and oxygen atoms in total. The molecular weight excluding hydrogens is 308 g/mol. The summed E-state index contributed by atoms with van der Waals surface area (Å²) in [5.41, 5.74) is 6.00.